The standard InChI is InChI=1S/C25H34N4O4S/c1-5-29(24(31)33-25(2,3)4)16-7-9-18(10-8-16)32-22-21-20-15(12-17(30)13-26)6-11-19(20)34-23(21)28-14-27-22/h14-18,30H,5-12H2,1-4H3/t15-,16-,17?,18+/m1/s1. The molecule has 184 valence electrons. The van der Waals surface area contributed by atoms with E-state index in [9.17, 15) is 9.90 Å². The van der Waals surface area contributed by atoms with Crippen LogP contribution in [0.4, 0.5) is 4.79 Å². The zero-order chi connectivity index (χ0) is 24.5. The van der Waals surface area contributed by atoms with Crippen molar-refractivity contribution in [3.05, 3.63) is 16.8 Å². The molecule has 2 aliphatic carbocycles. The molecule has 1 fully saturated rings. The van der Waals surface area contributed by atoms with E-state index >= 15 is 0 Å². The summed E-state index contributed by atoms with van der Waals surface area (Å²) in [4.78, 5) is 25.6. The third-order valence-corrected chi connectivity index (χ3v) is 7.86. The van der Waals surface area contributed by atoms with E-state index in [-0.39, 0.29) is 24.2 Å². The van der Waals surface area contributed by atoms with Gasteiger partial charge in [-0.05, 0) is 84.1 Å². The molecule has 34 heavy (non-hydrogen) atoms. The van der Waals surface area contributed by atoms with Crippen LogP contribution in [0.1, 0.15) is 82.6 Å². The predicted molar refractivity (Wildman–Crippen MR) is 130 cm³/mol. The van der Waals surface area contributed by atoms with E-state index in [1.54, 1.807) is 17.7 Å². The van der Waals surface area contributed by atoms with Crippen molar-refractivity contribution in [3.8, 4) is 11.9 Å². The van der Waals surface area contributed by atoms with Gasteiger partial charge in [-0.3, -0.25) is 0 Å². The van der Waals surface area contributed by atoms with Gasteiger partial charge >= 0.3 is 6.09 Å². The monoisotopic (exact) mass is 486 g/mol. The Hall–Kier alpha value is -2.44. The SMILES string of the molecule is CCN(C(=O)OC(C)(C)C)[C@H]1CC[C@@H](Oc2ncnc3sc4c(c23)[C@@H](CC(O)C#N)CC4)CC1. The van der Waals surface area contributed by atoms with Gasteiger partial charge in [0.05, 0.1) is 11.5 Å². The normalized spacial score (nSPS) is 23.2. The molecule has 0 bridgehead atoms. The average molecular weight is 487 g/mol. The van der Waals surface area contributed by atoms with Crippen molar-refractivity contribution in [1.82, 2.24) is 14.9 Å². The van der Waals surface area contributed by atoms with Gasteiger partial charge in [0.1, 0.15) is 29.0 Å². The Bertz CT molecular complexity index is 1070. The molecule has 0 radical (unpaired) electrons. The fraction of sp³-hybridized carbons (Fsp3) is 0.680. The predicted octanol–water partition coefficient (Wildman–Crippen LogP) is 4.94. The van der Waals surface area contributed by atoms with Crippen LogP contribution in [0.25, 0.3) is 10.2 Å². The third kappa shape index (κ3) is 5.28. The molecular weight excluding hydrogens is 452 g/mol. The second kappa shape index (κ2) is 10.0. The molecule has 2 aliphatic rings. The highest BCUT2D eigenvalue weighted by atomic mass is 32.1. The molecular formula is C25H34N4O4S. The van der Waals surface area contributed by atoms with Crippen molar-refractivity contribution in [2.45, 2.75) is 102 Å². The fourth-order valence-electron chi connectivity index (χ4n) is 5.18. The lowest BCUT2D eigenvalue weighted by atomic mass is 9.92. The van der Waals surface area contributed by atoms with Gasteiger partial charge in [-0.25, -0.2) is 14.8 Å². The molecule has 2 aromatic rings. The molecule has 9 heteroatoms. The first kappa shape index (κ1) is 24.7. The summed E-state index contributed by atoms with van der Waals surface area (Å²) < 4.78 is 12.0. The zero-order valence-electron chi connectivity index (χ0n) is 20.4. The Labute approximate surface area is 204 Å². The minimum absolute atomic E-state index is 0.0202. The van der Waals surface area contributed by atoms with Gasteiger partial charge in [0.2, 0.25) is 5.88 Å². The average Bonchev–Trinajstić information content (AvgIpc) is 3.34. The lowest BCUT2D eigenvalue weighted by Crippen LogP contribution is -2.45. The maximum atomic E-state index is 12.6. The maximum Gasteiger partial charge on any atom is 0.410 e. The van der Waals surface area contributed by atoms with Crippen LogP contribution in [0.2, 0.25) is 0 Å². The number of aliphatic hydroxyl groups excluding tert-OH is 1. The Morgan fingerprint density at radius 3 is 2.68 bits per heavy atom. The van der Waals surface area contributed by atoms with E-state index in [0.29, 0.717) is 18.8 Å². The number of amides is 1. The van der Waals surface area contributed by atoms with E-state index in [2.05, 4.69) is 9.97 Å². The Morgan fingerprint density at radius 1 is 1.29 bits per heavy atom. The second-order valence-electron chi connectivity index (χ2n) is 10.2. The van der Waals surface area contributed by atoms with Crippen LogP contribution < -0.4 is 4.74 Å². The molecule has 1 amide bonds. The van der Waals surface area contributed by atoms with Crippen molar-refractivity contribution in [3.63, 3.8) is 0 Å². The van der Waals surface area contributed by atoms with Crippen LogP contribution in [0.5, 0.6) is 5.88 Å². The highest BCUT2D eigenvalue weighted by Gasteiger charge is 2.34. The summed E-state index contributed by atoms with van der Waals surface area (Å²) in [5.74, 6) is 0.721. The molecule has 1 saturated carbocycles. The van der Waals surface area contributed by atoms with E-state index < -0.39 is 11.7 Å². The number of aromatic nitrogens is 2. The lowest BCUT2D eigenvalue weighted by Gasteiger charge is -2.37. The highest BCUT2D eigenvalue weighted by Crippen LogP contribution is 2.47. The summed E-state index contributed by atoms with van der Waals surface area (Å²) in [6.07, 6.45) is 5.99. The number of rotatable bonds is 6. The molecule has 4 rings (SSSR count). The van der Waals surface area contributed by atoms with Crippen LogP contribution in [0.3, 0.4) is 0 Å². The molecule has 1 unspecified atom stereocenters. The quantitative estimate of drug-likeness (QED) is 0.576. The third-order valence-electron chi connectivity index (χ3n) is 6.68. The van der Waals surface area contributed by atoms with Crippen molar-refractivity contribution in [2.24, 2.45) is 0 Å². The molecule has 0 saturated heterocycles. The van der Waals surface area contributed by atoms with E-state index in [1.165, 1.54) is 4.88 Å². The van der Waals surface area contributed by atoms with Gasteiger partial charge in [-0.15, -0.1) is 11.3 Å². The number of aliphatic hydroxyl groups is 1. The molecule has 1 N–H and O–H groups in total. The number of carbonyl (C=O) groups excluding carboxylic acids is 1. The number of nitrogens with zero attached hydrogens (tertiary/aromatic N) is 4. The van der Waals surface area contributed by atoms with Gasteiger partial charge < -0.3 is 19.5 Å². The van der Waals surface area contributed by atoms with Crippen LogP contribution in [0, 0.1) is 11.3 Å². The number of ether oxygens (including phenoxy) is 2. The molecule has 0 aliphatic heterocycles. The number of fused-ring (bicyclic) bond motifs is 3. The molecule has 0 aromatic carbocycles. The number of aryl methyl sites for hydroxylation is 1. The number of hydrogen-bond donors (Lipinski definition) is 1. The Morgan fingerprint density at radius 2 is 2.03 bits per heavy atom. The van der Waals surface area contributed by atoms with Gasteiger partial charge in [-0.1, -0.05) is 0 Å². The Kier molecular flexibility index (Phi) is 7.29. The minimum atomic E-state index is -0.971. The second-order valence-corrected chi connectivity index (χ2v) is 11.3. The summed E-state index contributed by atoms with van der Waals surface area (Å²) in [6, 6.07) is 2.09. The van der Waals surface area contributed by atoms with Crippen LogP contribution in [-0.4, -0.2) is 56.5 Å². The van der Waals surface area contributed by atoms with Gasteiger partial charge in [-0.2, -0.15) is 5.26 Å². The first-order chi connectivity index (χ1) is 16.2. The van der Waals surface area contributed by atoms with Crippen molar-refractivity contribution < 1.29 is 19.4 Å². The van der Waals surface area contributed by atoms with Gasteiger partial charge in [0.25, 0.3) is 0 Å². The van der Waals surface area contributed by atoms with Crippen LogP contribution in [0.15, 0.2) is 6.33 Å². The van der Waals surface area contributed by atoms with E-state index in [0.717, 1.165) is 54.3 Å². The first-order valence-corrected chi connectivity index (χ1v) is 13.0. The molecule has 2 heterocycles. The molecule has 2 aromatic heterocycles. The fourth-order valence-corrected chi connectivity index (χ4v) is 6.41. The summed E-state index contributed by atoms with van der Waals surface area (Å²) in [7, 11) is 0. The smallest absolute Gasteiger partial charge is 0.410 e. The molecule has 8 nitrogen and oxygen atoms in total. The number of thiophene rings is 1. The maximum absolute atomic E-state index is 12.6. The van der Waals surface area contributed by atoms with Crippen molar-refractivity contribution >= 4 is 27.6 Å². The van der Waals surface area contributed by atoms with Crippen molar-refractivity contribution in [2.75, 3.05) is 6.54 Å². The summed E-state index contributed by atoms with van der Waals surface area (Å²) in [5.41, 5.74) is 0.645. The largest absolute Gasteiger partial charge is 0.474 e. The number of nitriles is 1. The zero-order valence-corrected chi connectivity index (χ0v) is 21.2. The van der Waals surface area contributed by atoms with E-state index in [1.807, 2.05) is 38.7 Å². The Balaban J connectivity index is 1.46. The highest BCUT2D eigenvalue weighted by molar-refractivity contribution is 7.19. The number of carbonyl (C=O) groups is 1. The van der Waals surface area contributed by atoms with E-state index in [4.69, 9.17) is 14.7 Å². The van der Waals surface area contributed by atoms with Crippen molar-refractivity contribution in [1.29, 1.82) is 5.26 Å². The lowest BCUT2D eigenvalue weighted by molar-refractivity contribution is 0.00812. The van der Waals surface area contributed by atoms with Crippen LogP contribution >= 0.6 is 11.3 Å². The molecule has 0 spiro atoms. The summed E-state index contributed by atoms with van der Waals surface area (Å²) in [6.45, 7) is 8.27. The van der Waals surface area contributed by atoms with Gasteiger partial charge in [0.15, 0.2) is 0 Å². The summed E-state index contributed by atoms with van der Waals surface area (Å²) in [5, 5.41) is 19.9. The topological polar surface area (TPSA) is 109 Å². The molecule has 2 atom stereocenters. The van der Waals surface area contributed by atoms with Crippen LogP contribution in [-0.2, 0) is 11.2 Å². The van der Waals surface area contributed by atoms with Gasteiger partial charge in [0, 0.05) is 17.5 Å². The number of hydrogen-bond acceptors (Lipinski definition) is 8. The first-order valence-electron chi connectivity index (χ1n) is 12.2. The minimum Gasteiger partial charge on any atom is -0.474 e. The summed E-state index contributed by atoms with van der Waals surface area (Å²) >= 11 is 1.66.